The summed E-state index contributed by atoms with van der Waals surface area (Å²) in [7, 11) is 0. The van der Waals surface area contributed by atoms with Crippen LogP contribution in [0.2, 0.25) is 0 Å². The van der Waals surface area contributed by atoms with E-state index in [1.807, 2.05) is 6.07 Å². The molecule has 2 fully saturated rings. The summed E-state index contributed by atoms with van der Waals surface area (Å²) in [5.74, 6) is 2.76. The maximum Gasteiger partial charge on any atom is 0.416 e. The van der Waals surface area contributed by atoms with Gasteiger partial charge in [0, 0.05) is 0 Å². The van der Waals surface area contributed by atoms with Crippen LogP contribution in [0.4, 0.5) is 13.2 Å². The van der Waals surface area contributed by atoms with E-state index >= 15 is 0 Å². The van der Waals surface area contributed by atoms with E-state index in [9.17, 15) is 13.2 Å². The molecule has 2 aliphatic rings. The number of unbranched alkanes of at least 4 members (excludes halogenated alkanes) is 2. The second-order valence-corrected chi connectivity index (χ2v) is 9.02. The molecule has 2 unspecified atom stereocenters. The largest absolute Gasteiger partial charge is 0.416 e. The molecule has 0 aliphatic heterocycles. The first-order chi connectivity index (χ1) is 13.0. The van der Waals surface area contributed by atoms with Crippen LogP contribution in [0.3, 0.4) is 0 Å². The molecule has 0 heterocycles. The molecule has 2 atom stereocenters. The van der Waals surface area contributed by atoms with Gasteiger partial charge in [0.2, 0.25) is 0 Å². The Kier molecular flexibility index (Phi) is 7.28. The zero-order chi connectivity index (χ0) is 19.3. The first kappa shape index (κ1) is 20.7. The summed E-state index contributed by atoms with van der Waals surface area (Å²) in [5, 5.41) is 0. The maximum absolute atomic E-state index is 13.1. The van der Waals surface area contributed by atoms with Crippen LogP contribution in [0.5, 0.6) is 0 Å². The first-order valence-electron chi connectivity index (χ1n) is 11.1. The molecule has 27 heavy (non-hydrogen) atoms. The van der Waals surface area contributed by atoms with Crippen molar-refractivity contribution in [2.45, 2.75) is 96.1 Å². The molecule has 3 heteroatoms. The predicted molar refractivity (Wildman–Crippen MR) is 106 cm³/mol. The van der Waals surface area contributed by atoms with Gasteiger partial charge >= 0.3 is 6.18 Å². The highest BCUT2D eigenvalue weighted by atomic mass is 19.4. The van der Waals surface area contributed by atoms with Crippen molar-refractivity contribution in [3.8, 4) is 0 Å². The summed E-state index contributed by atoms with van der Waals surface area (Å²) in [4.78, 5) is 0. The molecule has 0 bridgehead atoms. The number of rotatable bonds is 6. The number of alkyl halides is 3. The van der Waals surface area contributed by atoms with E-state index in [0.29, 0.717) is 5.92 Å². The first-order valence-corrected chi connectivity index (χ1v) is 11.1. The van der Waals surface area contributed by atoms with Gasteiger partial charge in [0.15, 0.2) is 0 Å². The third kappa shape index (κ3) is 5.74. The Balaban J connectivity index is 1.54. The molecule has 1 aromatic carbocycles. The number of halogens is 3. The lowest BCUT2D eigenvalue weighted by atomic mass is 9.67. The Labute approximate surface area is 162 Å². The molecular weight excluding hydrogens is 345 g/mol. The van der Waals surface area contributed by atoms with Gasteiger partial charge in [-0.2, -0.15) is 13.2 Å². The van der Waals surface area contributed by atoms with Crippen molar-refractivity contribution in [1.29, 1.82) is 0 Å². The monoisotopic (exact) mass is 380 g/mol. The molecule has 0 amide bonds. The van der Waals surface area contributed by atoms with Crippen LogP contribution in [0.25, 0.3) is 0 Å². The van der Waals surface area contributed by atoms with Gasteiger partial charge in [-0.1, -0.05) is 76.5 Å². The minimum absolute atomic E-state index is 0.313. The Morgan fingerprint density at radius 3 is 2.41 bits per heavy atom. The Bertz CT molecular complexity index is 569. The highest BCUT2D eigenvalue weighted by Gasteiger charge is 2.34. The molecule has 2 aliphatic carbocycles. The highest BCUT2D eigenvalue weighted by Crippen LogP contribution is 2.45. The van der Waals surface area contributed by atoms with Crippen molar-refractivity contribution in [3.05, 3.63) is 35.4 Å². The Hall–Kier alpha value is -0.990. The summed E-state index contributed by atoms with van der Waals surface area (Å²) >= 11 is 0. The van der Waals surface area contributed by atoms with Gasteiger partial charge in [-0.05, 0) is 61.0 Å². The Morgan fingerprint density at radius 1 is 0.926 bits per heavy atom. The van der Waals surface area contributed by atoms with Crippen LogP contribution in [-0.2, 0) is 6.18 Å². The molecule has 0 spiro atoms. The normalized spacial score (nSPS) is 29.6. The lowest BCUT2D eigenvalue weighted by Gasteiger charge is -2.38. The topological polar surface area (TPSA) is 0 Å². The molecule has 2 saturated carbocycles. The summed E-state index contributed by atoms with van der Waals surface area (Å²) in [5.41, 5.74) is 0.414. The second kappa shape index (κ2) is 9.47. The summed E-state index contributed by atoms with van der Waals surface area (Å²) in [6.07, 6.45) is 11.2. The summed E-state index contributed by atoms with van der Waals surface area (Å²) in [6, 6.07) is 6.09. The van der Waals surface area contributed by atoms with Gasteiger partial charge < -0.3 is 0 Å². The molecule has 0 N–H and O–H groups in total. The zero-order valence-corrected chi connectivity index (χ0v) is 16.7. The smallest absolute Gasteiger partial charge is 0.166 e. The van der Waals surface area contributed by atoms with Gasteiger partial charge in [-0.3, -0.25) is 0 Å². The van der Waals surface area contributed by atoms with Crippen LogP contribution in [0.15, 0.2) is 24.3 Å². The third-order valence-corrected chi connectivity index (χ3v) is 7.17. The highest BCUT2D eigenvalue weighted by molar-refractivity contribution is 5.28. The van der Waals surface area contributed by atoms with Crippen LogP contribution < -0.4 is 0 Å². The van der Waals surface area contributed by atoms with Crippen LogP contribution in [0, 0.1) is 17.8 Å². The number of benzene rings is 1. The van der Waals surface area contributed by atoms with E-state index in [1.165, 1.54) is 76.3 Å². The minimum atomic E-state index is -4.24. The average molecular weight is 381 g/mol. The van der Waals surface area contributed by atoms with Gasteiger partial charge in [-0.15, -0.1) is 0 Å². The van der Waals surface area contributed by atoms with Crippen LogP contribution in [0.1, 0.15) is 101 Å². The Morgan fingerprint density at radius 2 is 1.70 bits per heavy atom. The molecule has 1 aromatic rings. The van der Waals surface area contributed by atoms with Gasteiger partial charge in [0.1, 0.15) is 0 Å². The fourth-order valence-electron chi connectivity index (χ4n) is 5.56. The lowest BCUT2D eigenvalue weighted by molar-refractivity contribution is -0.137. The standard InChI is InChI=1S/C24H35F3/c1-2-3-4-7-18-12-14-19(15-13-18)20-8-5-9-21(16-20)22-10-6-11-23(17-22)24(25,26)27/h6,10-11,17-21H,2-5,7-9,12-16H2,1H3. The van der Waals surface area contributed by atoms with Crippen molar-refractivity contribution in [3.63, 3.8) is 0 Å². The van der Waals surface area contributed by atoms with E-state index in [1.54, 1.807) is 6.07 Å². The minimum Gasteiger partial charge on any atom is -0.166 e. The number of hydrogen-bond donors (Lipinski definition) is 0. The van der Waals surface area contributed by atoms with Crippen molar-refractivity contribution >= 4 is 0 Å². The van der Waals surface area contributed by atoms with Crippen LogP contribution in [-0.4, -0.2) is 0 Å². The molecule has 3 rings (SSSR count). The molecule has 152 valence electrons. The third-order valence-electron chi connectivity index (χ3n) is 7.17. The molecule has 0 nitrogen and oxygen atoms in total. The fraction of sp³-hybridized carbons (Fsp3) is 0.750. The molecule has 0 aromatic heterocycles. The van der Waals surface area contributed by atoms with Crippen molar-refractivity contribution < 1.29 is 13.2 Å². The SMILES string of the molecule is CCCCCC1CCC(C2CCCC(c3cccc(C(F)(F)F)c3)C2)CC1. The molecular formula is C24H35F3. The van der Waals surface area contributed by atoms with Gasteiger partial charge in [0.05, 0.1) is 5.56 Å². The molecule has 0 saturated heterocycles. The summed E-state index contributed by atoms with van der Waals surface area (Å²) in [6.45, 7) is 2.26. The van der Waals surface area contributed by atoms with Crippen molar-refractivity contribution in [2.75, 3.05) is 0 Å². The number of hydrogen-bond acceptors (Lipinski definition) is 0. The van der Waals surface area contributed by atoms with Gasteiger partial charge in [-0.25, -0.2) is 0 Å². The quantitative estimate of drug-likeness (QED) is 0.435. The van der Waals surface area contributed by atoms with Gasteiger partial charge in [0.25, 0.3) is 0 Å². The average Bonchev–Trinajstić information content (AvgIpc) is 2.68. The molecule has 0 radical (unpaired) electrons. The predicted octanol–water partition coefficient (Wildman–Crippen LogP) is 8.37. The van der Waals surface area contributed by atoms with E-state index in [0.717, 1.165) is 36.2 Å². The van der Waals surface area contributed by atoms with Crippen LogP contribution >= 0.6 is 0 Å². The second-order valence-electron chi connectivity index (χ2n) is 9.02. The van der Waals surface area contributed by atoms with Crippen molar-refractivity contribution in [2.24, 2.45) is 17.8 Å². The summed E-state index contributed by atoms with van der Waals surface area (Å²) < 4.78 is 39.2. The fourth-order valence-corrected chi connectivity index (χ4v) is 5.56. The zero-order valence-electron chi connectivity index (χ0n) is 16.7. The van der Waals surface area contributed by atoms with E-state index in [2.05, 4.69) is 6.92 Å². The van der Waals surface area contributed by atoms with E-state index < -0.39 is 11.7 Å². The van der Waals surface area contributed by atoms with Crippen molar-refractivity contribution in [1.82, 2.24) is 0 Å². The maximum atomic E-state index is 13.1. The lowest BCUT2D eigenvalue weighted by Crippen LogP contribution is -2.26. The van der Waals surface area contributed by atoms with E-state index in [-0.39, 0.29) is 0 Å². The van der Waals surface area contributed by atoms with E-state index in [4.69, 9.17) is 0 Å².